The van der Waals surface area contributed by atoms with Gasteiger partial charge in [0.2, 0.25) is 11.8 Å². The Balaban J connectivity index is 2.26. The lowest BCUT2D eigenvalue weighted by atomic mass is 9.99. The van der Waals surface area contributed by atoms with E-state index in [0.717, 1.165) is 5.69 Å². The van der Waals surface area contributed by atoms with Crippen LogP contribution in [-0.4, -0.2) is 23.9 Å². The van der Waals surface area contributed by atoms with Crippen LogP contribution in [0.4, 0.5) is 5.69 Å². The zero-order valence-electron chi connectivity index (χ0n) is 10.8. The second kappa shape index (κ2) is 5.10. The SMILES string of the molecule is CC(C)CC1NC(=O)C(C)N(c2ccsc2)C1=O. The van der Waals surface area contributed by atoms with Crippen molar-refractivity contribution in [2.24, 2.45) is 5.92 Å². The number of hydrogen-bond acceptors (Lipinski definition) is 3. The molecule has 0 radical (unpaired) electrons. The summed E-state index contributed by atoms with van der Waals surface area (Å²) in [5.74, 6) is 0.289. The molecule has 2 heterocycles. The van der Waals surface area contributed by atoms with E-state index in [2.05, 4.69) is 5.32 Å². The van der Waals surface area contributed by atoms with E-state index in [4.69, 9.17) is 0 Å². The Morgan fingerprint density at radius 1 is 1.44 bits per heavy atom. The van der Waals surface area contributed by atoms with Gasteiger partial charge in [-0.25, -0.2) is 0 Å². The van der Waals surface area contributed by atoms with Crippen LogP contribution in [-0.2, 0) is 9.59 Å². The lowest BCUT2D eigenvalue weighted by molar-refractivity contribution is -0.133. The number of carbonyl (C=O) groups is 2. The average Bonchev–Trinajstić information content (AvgIpc) is 2.79. The summed E-state index contributed by atoms with van der Waals surface area (Å²) in [4.78, 5) is 26.0. The van der Waals surface area contributed by atoms with E-state index >= 15 is 0 Å². The molecule has 0 aromatic carbocycles. The molecule has 1 N–H and O–H groups in total. The molecule has 0 bridgehead atoms. The first kappa shape index (κ1) is 13.1. The lowest BCUT2D eigenvalue weighted by Crippen LogP contribution is -2.62. The summed E-state index contributed by atoms with van der Waals surface area (Å²) < 4.78 is 0. The third-order valence-corrected chi connectivity index (χ3v) is 3.78. The van der Waals surface area contributed by atoms with E-state index in [-0.39, 0.29) is 11.8 Å². The van der Waals surface area contributed by atoms with Gasteiger partial charge >= 0.3 is 0 Å². The van der Waals surface area contributed by atoms with Crippen LogP contribution < -0.4 is 10.2 Å². The molecule has 1 saturated heterocycles. The third-order valence-electron chi connectivity index (χ3n) is 3.11. The molecule has 1 aliphatic rings. The van der Waals surface area contributed by atoms with Gasteiger partial charge in [0.25, 0.3) is 0 Å². The van der Waals surface area contributed by atoms with Gasteiger partial charge in [-0.15, -0.1) is 0 Å². The molecule has 2 rings (SSSR count). The van der Waals surface area contributed by atoms with Crippen LogP contribution in [0.3, 0.4) is 0 Å². The van der Waals surface area contributed by atoms with E-state index < -0.39 is 12.1 Å². The minimum absolute atomic E-state index is 0.00537. The minimum Gasteiger partial charge on any atom is -0.342 e. The van der Waals surface area contributed by atoms with Gasteiger partial charge < -0.3 is 5.32 Å². The molecule has 2 unspecified atom stereocenters. The number of anilines is 1. The van der Waals surface area contributed by atoms with Crippen molar-refractivity contribution in [2.75, 3.05) is 4.90 Å². The Labute approximate surface area is 111 Å². The van der Waals surface area contributed by atoms with E-state index in [9.17, 15) is 9.59 Å². The molecule has 1 aromatic heterocycles. The van der Waals surface area contributed by atoms with Gasteiger partial charge in [-0.3, -0.25) is 14.5 Å². The summed E-state index contributed by atoms with van der Waals surface area (Å²) in [5.41, 5.74) is 0.820. The number of thiophene rings is 1. The van der Waals surface area contributed by atoms with Gasteiger partial charge in [0.05, 0.1) is 5.69 Å². The summed E-state index contributed by atoms with van der Waals surface area (Å²) >= 11 is 1.53. The molecule has 0 aliphatic carbocycles. The highest BCUT2D eigenvalue weighted by molar-refractivity contribution is 7.08. The van der Waals surface area contributed by atoms with Crippen LogP contribution in [0, 0.1) is 5.92 Å². The van der Waals surface area contributed by atoms with Gasteiger partial charge in [-0.2, -0.15) is 11.3 Å². The standard InChI is InChI=1S/C13H18N2O2S/c1-8(2)6-11-13(17)15(9(3)12(16)14-11)10-4-5-18-7-10/h4-5,7-9,11H,6H2,1-3H3,(H,14,16). The van der Waals surface area contributed by atoms with Crippen molar-refractivity contribution in [1.29, 1.82) is 0 Å². The van der Waals surface area contributed by atoms with Gasteiger partial charge in [0.1, 0.15) is 12.1 Å². The summed E-state index contributed by atoms with van der Waals surface area (Å²) in [7, 11) is 0. The normalized spacial score (nSPS) is 24.6. The van der Waals surface area contributed by atoms with Crippen LogP contribution >= 0.6 is 11.3 Å². The molecule has 0 spiro atoms. The second-order valence-electron chi connectivity index (χ2n) is 5.06. The molecular formula is C13H18N2O2S. The quantitative estimate of drug-likeness (QED) is 0.910. The molecule has 4 nitrogen and oxygen atoms in total. The number of amides is 2. The van der Waals surface area contributed by atoms with Gasteiger partial charge in [0, 0.05) is 5.38 Å². The van der Waals surface area contributed by atoms with Crippen molar-refractivity contribution in [1.82, 2.24) is 5.32 Å². The fraction of sp³-hybridized carbons (Fsp3) is 0.538. The molecule has 1 aromatic rings. The smallest absolute Gasteiger partial charge is 0.250 e. The van der Waals surface area contributed by atoms with Crippen LogP contribution in [0.25, 0.3) is 0 Å². The van der Waals surface area contributed by atoms with Gasteiger partial charge in [0.15, 0.2) is 0 Å². The fourth-order valence-electron chi connectivity index (χ4n) is 2.21. The number of nitrogens with zero attached hydrogens (tertiary/aromatic N) is 1. The van der Waals surface area contributed by atoms with E-state index in [1.54, 1.807) is 11.8 Å². The number of rotatable bonds is 3. The van der Waals surface area contributed by atoms with Crippen molar-refractivity contribution in [3.63, 3.8) is 0 Å². The Morgan fingerprint density at radius 3 is 2.72 bits per heavy atom. The molecule has 1 fully saturated rings. The first-order chi connectivity index (χ1) is 8.50. The number of nitrogens with one attached hydrogen (secondary N) is 1. The summed E-state index contributed by atoms with van der Waals surface area (Å²) in [5, 5.41) is 6.63. The van der Waals surface area contributed by atoms with Crippen molar-refractivity contribution >= 4 is 28.8 Å². The second-order valence-corrected chi connectivity index (χ2v) is 5.84. The predicted octanol–water partition coefficient (Wildman–Crippen LogP) is 2.01. The topological polar surface area (TPSA) is 49.4 Å². The molecule has 18 heavy (non-hydrogen) atoms. The highest BCUT2D eigenvalue weighted by Crippen LogP contribution is 2.25. The maximum absolute atomic E-state index is 12.4. The molecule has 98 valence electrons. The van der Waals surface area contributed by atoms with Gasteiger partial charge in [-0.1, -0.05) is 13.8 Å². The Morgan fingerprint density at radius 2 is 2.17 bits per heavy atom. The fourth-order valence-corrected chi connectivity index (χ4v) is 2.83. The highest BCUT2D eigenvalue weighted by Gasteiger charge is 2.39. The molecular weight excluding hydrogens is 248 g/mol. The number of piperazine rings is 1. The molecule has 1 aliphatic heterocycles. The average molecular weight is 266 g/mol. The molecule has 2 atom stereocenters. The zero-order chi connectivity index (χ0) is 13.3. The Kier molecular flexibility index (Phi) is 3.71. The number of carbonyl (C=O) groups excluding carboxylic acids is 2. The number of hydrogen-bond donors (Lipinski definition) is 1. The Hall–Kier alpha value is -1.36. The first-order valence-electron chi connectivity index (χ1n) is 6.16. The molecule has 0 saturated carbocycles. The first-order valence-corrected chi connectivity index (χ1v) is 7.10. The Bertz CT molecular complexity index is 442. The summed E-state index contributed by atoms with van der Waals surface area (Å²) in [6, 6.07) is 1.05. The van der Waals surface area contributed by atoms with Crippen molar-refractivity contribution in [2.45, 2.75) is 39.3 Å². The van der Waals surface area contributed by atoms with Crippen molar-refractivity contribution < 1.29 is 9.59 Å². The van der Waals surface area contributed by atoms with E-state index in [0.29, 0.717) is 12.3 Å². The van der Waals surface area contributed by atoms with Crippen molar-refractivity contribution in [3.05, 3.63) is 16.8 Å². The highest BCUT2D eigenvalue weighted by atomic mass is 32.1. The zero-order valence-corrected chi connectivity index (χ0v) is 11.7. The maximum atomic E-state index is 12.4. The summed E-state index contributed by atoms with van der Waals surface area (Å²) in [6.07, 6.45) is 0.679. The lowest BCUT2D eigenvalue weighted by Gasteiger charge is -2.37. The van der Waals surface area contributed by atoms with Crippen LogP contribution in [0.2, 0.25) is 0 Å². The van der Waals surface area contributed by atoms with E-state index in [1.165, 1.54) is 11.3 Å². The third kappa shape index (κ3) is 2.41. The molecule has 2 amide bonds. The monoisotopic (exact) mass is 266 g/mol. The van der Waals surface area contributed by atoms with Crippen LogP contribution in [0.1, 0.15) is 27.2 Å². The van der Waals surface area contributed by atoms with Gasteiger partial charge in [-0.05, 0) is 30.7 Å². The van der Waals surface area contributed by atoms with Crippen LogP contribution in [0.5, 0.6) is 0 Å². The minimum atomic E-state index is -0.435. The summed E-state index contributed by atoms with van der Waals surface area (Å²) in [6.45, 7) is 5.86. The maximum Gasteiger partial charge on any atom is 0.250 e. The van der Waals surface area contributed by atoms with E-state index in [1.807, 2.05) is 30.7 Å². The largest absolute Gasteiger partial charge is 0.342 e. The van der Waals surface area contributed by atoms with Crippen LogP contribution in [0.15, 0.2) is 16.8 Å². The predicted molar refractivity (Wildman–Crippen MR) is 72.7 cm³/mol. The molecule has 5 heteroatoms. The van der Waals surface area contributed by atoms with Crippen molar-refractivity contribution in [3.8, 4) is 0 Å².